The average Bonchev–Trinajstić information content (AvgIpc) is 2.88. The number of aromatic nitrogens is 2. The van der Waals surface area contributed by atoms with Crippen LogP contribution < -0.4 is 10.2 Å². The number of nitrogens with one attached hydrogen (secondary N) is 1. The normalized spacial score (nSPS) is 18.0. The summed E-state index contributed by atoms with van der Waals surface area (Å²) in [6.07, 6.45) is -4.43. The second-order valence-electron chi connectivity index (χ2n) is 6.43. The summed E-state index contributed by atoms with van der Waals surface area (Å²) < 4.78 is 37.5. The molecule has 0 aliphatic carbocycles. The molecular weight excluding hydrogens is 339 g/mol. The third-order valence-electron chi connectivity index (χ3n) is 4.19. The van der Waals surface area contributed by atoms with Gasteiger partial charge < -0.3 is 15.1 Å². The number of halogens is 3. The molecule has 2 amide bonds. The monoisotopic (exact) mass is 357 g/mol. The van der Waals surface area contributed by atoms with Crippen molar-refractivity contribution in [2.24, 2.45) is 0 Å². The van der Waals surface area contributed by atoms with Crippen LogP contribution in [0.2, 0.25) is 0 Å². The molecule has 25 heavy (non-hydrogen) atoms. The van der Waals surface area contributed by atoms with E-state index in [1.54, 1.807) is 0 Å². The summed E-state index contributed by atoms with van der Waals surface area (Å²) in [5.74, 6) is -0.685. The Labute approximate surface area is 142 Å². The average molecular weight is 357 g/mol. The van der Waals surface area contributed by atoms with Gasteiger partial charge >= 0.3 is 6.18 Å². The molecule has 0 bridgehead atoms. The zero-order valence-electron chi connectivity index (χ0n) is 13.9. The summed E-state index contributed by atoms with van der Waals surface area (Å²) in [6.45, 7) is 2.84. The van der Waals surface area contributed by atoms with Crippen molar-refractivity contribution in [3.63, 3.8) is 0 Å². The van der Waals surface area contributed by atoms with Gasteiger partial charge in [-0.2, -0.15) is 13.2 Å². The van der Waals surface area contributed by atoms with E-state index in [2.05, 4.69) is 15.3 Å². The van der Waals surface area contributed by atoms with Crippen LogP contribution in [0.3, 0.4) is 0 Å². The van der Waals surface area contributed by atoms with Gasteiger partial charge in [0.1, 0.15) is 12.2 Å². The molecule has 1 aromatic heterocycles. The summed E-state index contributed by atoms with van der Waals surface area (Å²) in [7, 11) is 0. The number of carbonyl (C=O) groups excluding carboxylic acids is 2. The minimum atomic E-state index is -4.43. The second-order valence-corrected chi connectivity index (χ2v) is 6.43. The molecule has 0 unspecified atom stereocenters. The lowest BCUT2D eigenvalue weighted by molar-refractivity contribution is -0.161. The van der Waals surface area contributed by atoms with Crippen molar-refractivity contribution in [1.82, 2.24) is 20.2 Å². The van der Waals surface area contributed by atoms with Gasteiger partial charge in [0.15, 0.2) is 0 Å². The third-order valence-corrected chi connectivity index (χ3v) is 4.19. The molecule has 1 N–H and O–H groups in total. The molecule has 1 aromatic rings. The number of nitrogens with zero attached hydrogens (tertiary/aromatic N) is 4. The molecule has 0 atom stereocenters. The standard InChI is InChI=1S/C15H18F3N5O2/c1-8(2)11-9-5-19-13(25)12(9)21-14(20-11)22-3-4-23(10(24)6-22)7-15(16,17)18/h8H,3-7H2,1-2H3,(H,19,25). The SMILES string of the molecule is CC(C)c1nc(N2CCN(CC(F)(F)F)C(=O)C2)nc2c1CNC2=O. The van der Waals surface area contributed by atoms with Gasteiger partial charge in [-0.25, -0.2) is 9.97 Å². The van der Waals surface area contributed by atoms with Gasteiger partial charge in [0.2, 0.25) is 11.9 Å². The molecular formula is C15H18F3N5O2. The van der Waals surface area contributed by atoms with Crippen molar-refractivity contribution < 1.29 is 22.8 Å². The van der Waals surface area contributed by atoms with Crippen LogP contribution in [0, 0.1) is 0 Å². The van der Waals surface area contributed by atoms with Crippen molar-refractivity contribution in [2.75, 3.05) is 31.1 Å². The smallest absolute Gasteiger partial charge is 0.346 e. The van der Waals surface area contributed by atoms with E-state index in [0.29, 0.717) is 12.2 Å². The quantitative estimate of drug-likeness (QED) is 0.875. The first-order valence-electron chi connectivity index (χ1n) is 7.94. The van der Waals surface area contributed by atoms with E-state index < -0.39 is 18.6 Å². The highest BCUT2D eigenvalue weighted by molar-refractivity contribution is 5.97. The Balaban J connectivity index is 1.84. The zero-order chi connectivity index (χ0) is 18.4. The maximum atomic E-state index is 12.5. The zero-order valence-corrected chi connectivity index (χ0v) is 13.9. The molecule has 0 aromatic carbocycles. The first-order valence-corrected chi connectivity index (χ1v) is 7.94. The van der Waals surface area contributed by atoms with Crippen molar-refractivity contribution in [3.05, 3.63) is 17.0 Å². The Hall–Kier alpha value is -2.39. The number of rotatable bonds is 3. The van der Waals surface area contributed by atoms with Crippen LogP contribution in [-0.4, -0.2) is 59.0 Å². The van der Waals surface area contributed by atoms with E-state index in [9.17, 15) is 22.8 Å². The molecule has 0 saturated carbocycles. The first-order chi connectivity index (χ1) is 11.7. The summed E-state index contributed by atoms with van der Waals surface area (Å²) in [4.78, 5) is 35.0. The molecule has 2 aliphatic heterocycles. The molecule has 0 spiro atoms. The highest BCUT2D eigenvalue weighted by atomic mass is 19.4. The number of hydrogen-bond donors (Lipinski definition) is 1. The Bertz CT molecular complexity index is 720. The van der Waals surface area contributed by atoms with Crippen molar-refractivity contribution in [2.45, 2.75) is 32.5 Å². The van der Waals surface area contributed by atoms with Gasteiger partial charge in [-0.05, 0) is 5.92 Å². The number of amides is 2. The fraction of sp³-hybridized carbons (Fsp3) is 0.600. The second kappa shape index (κ2) is 6.16. The van der Waals surface area contributed by atoms with E-state index in [0.717, 1.165) is 10.5 Å². The topological polar surface area (TPSA) is 78.4 Å². The van der Waals surface area contributed by atoms with Gasteiger partial charge in [0.25, 0.3) is 5.91 Å². The molecule has 136 valence electrons. The predicted molar refractivity (Wildman–Crippen MR) is 82.1 cm³/mol. The fourth-order valence-corrected chi connectivity index (χ4v) is 2.99. The molecule has 0 radical (unpaired) electrons. The van der Waals surface area contributed by atoms with Gasteiger partial charge in [-0.15, -0.1) is 0 Å². The van der Waals surface area contributed by atoms with Crippen LogP contribution in [0.15, 0.2) is 0 Å². The Morgan fingerprint density at radius 1 is 1.20 bits per heavy atom. The van der Waals surface area contributed by atoms with Crippen LogP contribution in [0.25, 0.3) is 0 Å². The molecule has 3 rings (SSSR count). The summed E-state index contributed by atoms with van der Waals surface area (Å²) in [5.41, 5.74) is 1.73. The van der Waals surface area contributed by atoms with Crippen molar-refractivity contribution in [3.8, 4) is 0 Å². The number of fused-ring (bicyclic) bond motifs is 1. The Morgan fingerprint density at radius 3 is 2.52 bits per heavy atom. The van der Waals surface area contributed by atoms with Gasteiger partial charge in [-0.3, -0.25) is 9.59 Å². The van der Waals surface area contributed by atoms with E-state index in [4.69, 9.17) is 0 Å². The molecule has 2 aliphatic rings. The van der Waals surface area contributed by atoms with Crippen LogP contribution >= 0.6 is 0 Å². The maximum absolute atomic E-state index is 12.5. The van der Waals surface area contributed by atoms with Crippen LogP contribution in [0.5, 0.6) is 0 Å². The fourth-order valence-electron chi connectivity index (χ4n) is 2.99. The van der Waals surface area contributed by atoms with E-state index in [1.165, 1.54) is 4.90 Å². The highest BCUT2D eigenvalue weighted by Crippen LogP contribution is 2.27. The van der Waals surface area contributed by atoms with Gasteiger partial charge in [0, 0.05) is 25.2 Å². The van der Waals surface area contributed by atoms with E-state index in [1.807, 2.05) is 13.8 Å². The Morgan fingerprint density at radius 2 is 1.92 bits per heavy atom. The minimum absolute atomic E-state index is 0.0467. The van der Waals surface area contributed by atoms with E-state index in [-0.39, 0.29) is 43.1 Å². The molecule has 1 fully saturated rings. The van der Waals surface area contributed by atoms with Crippen LogP contribution in [-0.2, 0) is 11.3 Å². The largest absolute Gasteiger partial charge is 0.406 e. The highest BCUT2D eigenvalue weighted by Gasteiger charge is 2.36. The lowest BCUT2D eigenvalue weighted by Gasteiger charge is -2.34. The summed E-state index contributed by atoms with van der Waals surface area (Å²) >= 11 is 0. The summed E-state index contributed by atoms with van der Waals surface area (Å²) in [6, 6.07) is 0. The number of anilines is 1. The minimum Gasteiger partial charge on any atom is -0.346 e. The summed E-state index contributed by atoms with van der Waals surface area (Å²) in [5, 5.41) is 2.69. The number of hydrogen-bond acceptors (Lipinski definition) is 5. The van der Waals surface area contributed by atoms with Crippen LogP contribution in [0.1, 0.15) is 41.5 Å². The first kappa shape index (κ1) is 17.4. The lowest BCUT2D eigenvalue weighted by Crippen LogP contribution is -2.53. The third kappa shape index (κ3) is 3.52. The Kier molecular flexibility index (Phi) is 4.29. The number of carbonyl (C=O) groups is 2. The number of alkyl halides is 3. The molecule has 10 heteroatoms. The molecule has 7 nitrogen and oxygen atoms in total. The van der Waals surface area contributed by atoms with Gasteiger partial charge in [-0.1, -0.05) is 13.8 Å². The van der Waals surface area contributed by atoms with Crippen molar-refractivity contribution in [1.29, 1.82) is 0 Å². The van der Waals surface area contributed by atoms with Gasteiger partial charge in [0.05, 0.1) is 12.2 Å². The van der Waals surface area contributed by atoms with Crippen LogP contribution in [0.4, 0.5) is 19.1 Å². The van der Waals surface area contributed by atoms with Crippen molar-refractivity contribution >= 4 is 17.8 Å². The lowest BCUT2D eigenvalue weighted by atomic mass is 10.0. The number of piperazine rings is 1. The maximum Gasteiger partial charge on any atom is 0.406 e. The molecule has 1 saturated heterocycles. The molecule has 3 heterocycles. The predicted octanol–water partition coefficient (Wildman–Crippen LogP) is 1.05. The van der Waals surface area contributed by atoms with E-state index >= 15 is 0 Å².